The number of fused-ring (bicyclic) bond motifs is 1. The molecule has 0 radical (unpaired) electrons. The molecule has 0 bridgehead atoms. The second-order valence-corrected chi connectivity index (χ2v) is 8.88. The highest BCUT2D eigenvalue weighted by Gasteiger charge is 2.28. The van der Waals surface area contributed by atoms with Gasteiger partial charge in [-0.3, -0.25) is 9.59 Å². The third kappa shape index (κ3) is 5.31. The first-order chi connectivity index (χ1) is 17.3. The Morgan fingerprint density at radius 3 is 2.42 bits per heavy atom. The highest BCUT2D eigenvalue weighted by molar-refractivity contribution is 6.37. The van der Waals surface area contributed by atoms with Crippen molar-refractivity contribution in [3.8, 4) is 11.8 Å². The van der Waals surface area contributed by atoms with Gasteiger partial charge in [-0.05, 0) is 56.2 Å². The molecule has 182 valence electrons. The van der Waals surface area contributed by atoms with Crippen LogP contribution in [0, 0.1) is 11.8 Å². The number of hydrogen-bond acceptors (Lipinski definition) is 5. The Balaban J connectivity index is 1.74. The van der Waals surface area contributed by atoms with Gasteiger partial charge in [0.15, 0.2) is 0 Å². The number of carbonyl (C=O) groups is 2. The van der Waals surface area contributed by atoms with Crippen LogP contribution in [-0.2, 0) is 15.1 Å². The molecule has 0 spiro atoms. The first-order valence-corrected chi connectivity index (χ1v) is 11.7. The van der Waals surface area contributed by atoms with E-state index in [2.05, 4.69) is 33.3 Å². The second-order valence-electron chi connectivity index (χ2n) is 8.88. The van der Waals surface area contributed by atoms with Crippen LogP contribution in [0.1, 0.15) is 43.0 Å². The molecule has 0 fully saturated rings. The van der Waals surface area contributed by atoms with E-state index in [1.54, 1.807) is 12.1 Å². The first kappa shape index (κ1) is 24.7. The molecule has 0 aromatic heterocycles. The number of carbonyl (C=O) groups excluding carboxylic acids is 2. The Bertz CT molecular complexity index is 1380. The lowest BCUT2D eigenvalue weighted by atomic mass is 9.95. The lowest BCUT2D eigenvalue weighted by Crippen LogP contribution is -2.33. The molecule has 3 aromatic carbocycles. The summed E-state index contributed by atoms with van der Waals surface area (Å²) in [7, 11) is 0. The second kappa shape index (κ2) is 10.5. The van der Waals surface area contributed by atoms with Crippen molar-refractivity contribution in [1.29, 1.82) is 0 Å². The molecule has 2 amide bonds. The van der Waals surface area contributed by atoms with Crippen LogP contribution in [-0.4, -0.2) is 23.6 Å². The maximum absolute atomic E-state index is 13.2. The van der Waals surface area contributed by atoms with Crippen LogP contribution in [0.3, 0.4) is 0 Å². The molecule has 3 aromatic rings. The lowest BCUT2D eigenvalue weighted by molar-refractivity contribution is -0.115. The van der Waals surface area contributed by atoms with Gasteiger partial charge < -0.3 is 21.2 Å². The van der Waals surface area contributed by atoms with Crippen LogP contribution in [0.5, 0.6) is 0 Å². The van der Waals surface area contributed by atoms with Gasteiger partial charge in [-0.15, -0.1) is 0 Å². The zero-order valence-electron chi connectivity index (χ0n) is 20.4. The Morgan fingerprint density at radius 2 is 1.75 bits per heavy atom. The van der Waals surface area contributed by atoms with Crippen molar-refractivity contribution in [2.24, 2.45) is 0 Å². The molecular weight excluding hydrogens is 452 g/mol. The topological polar surface area (TPSA) is 102 Å². The van der Waals surface area contributed by atoms with Gasteiger partial charge in [0.25, 0.3) is 11.8 Å². The third-order valence-corrected chi connectivity index (χ3v) is 5.89. The lowest BCUT2D eigenvalue weighted by Gasteiger charge is -2.23. The molecule has 4 rings (SSSR count). The Hall–Kier alpha value is -4.38. The molecule has 0 unspecified atom stereocenters. The maximum atomic E-state index is 13.2. The molecular formula is C29H28N4O3. The highest BCUT2D eigenvalue weighted by atomic mass is 16.5. The van der Waals surface area contributed by atoms with Gasteiger partial charge in [0.1, 0.15) is 0 Å². The molecule has 7 nitrogen and oxygen atoms in total. The van der Waals surface area contributed by atoms with E-state index in [0.717, 1.165) is 22.4 Å². The molecule has 0 saturated heterocycles. The zero-order chi connectivity index (χ0) is 25.7. The number of hydrogen-bond donors (Lipinski definition) is 5. The number of hydroxylamine groups is 1. The predicted molar refractivity (Wildman–Crippen MR) is 142 cm³/mol. The quantitative estimate of drug-likeness (QED) is 0.205. The monoisotopic (exact) mass is 480 g/mol. The fourth-order valence-corrected chi connectivity index (χ4v) is 3.90. The van der Waals surface area contributed by atoms with Gasteiger partial charge in [0.2, 0.25) is 0 Å². The summed E-state index contributed by atoms with van der Waals surface area (Å²) >= 11 is 0. The average Bonchev–Trinajstić information content (AvgIpc) is 3.21. The van der Waals surface area contributed by atoms with Crippen LogP contribution in [0.4, 0.5) is 11.4 Å². The van der Waals surface area contributed by atoms with Gasteiger partial charge >= 0.3 is 0 Å². The molecule has 1 heterocycles. The van der Waals surface area contributed by atoms with Crippen LogP contribution in [0.25, 0.3) is 11.3 Å². The van der Waals surface area contributed by atoms with E-state index >= 15 is 0 Å². The van der Waals surface area contributed by atoms with Gasteiger partial charge in [-0.2, -0.15) is 5.48 Å². The molecule has 7 heteroatoms. The Labute approximate surface area is 210 Å². The smallest absolute Gasteiger partial charge is 0.296 e. The first-order valence-electron chi connectivity index (χ1n) is 11.7. The third-order valence-electron chi connectivity index (χ3n) is 5.89. The number of amides is 2. The molecule has 1 aliphatic heterocycles. The van der Waals surface area contributed by atoms with Crippen molar-refractivity contribution in [2.45, 2.75) is 26.3 Å². The van der Waals surface area contributed by atoms with Crippen molar-refractivity contribution < 1.29 is 14.8 Å². The molecule has 36 heavy (non-hydrogen) atoms. The zero-order valence-corrected chi connectivity index (χ0v) is 20.4. The number of anilines is 2. The van der Waals surface area contributed by atoms with Crippen LogP contribution in [0.2, 0.25) is 0 Å². The fourth-order valence-electron chi connectivity index (χ4n) is 3.90. The largest absolute Gasteiger partial charge is 0.354 e. The SMILES string of the molecule is CCNC(=O)C#Cc1ccc2c(c1)NC(=O)/C2=C(/Nc1ccc(C(C)(C)NO)cc1)c1ccccc1. The van der Waals surface area contributed by atoms with Gasteiger partial charge in [0.05, 0.1) is 22.5 Å². The summed E-state index contributed by atoms with van der Waals surface area (Å²) in [5.74, 6) is 4.83. The summed E-state index contributed by atoms with van der Waals surface area (Å²) in [6.07, 6.45) is 0. The summed E-state index contributed by atoms with van der Waals surface area (Å²) in [6.45, 7) is 6.09. The van der Waals surface area contributed by atoms with Gasteiger partial charge in [-0.25, -0.2) is 0 Å². The van der Waals surface area contributed by atoms with Crippen molar-refractivity contribution in [3.63, 3.8) is 0 Å². The highest BCUT2D eigenvalue weighted by Crippen LogP contribution is 2.38. The number of nitrogens with one attached hydrogen (secondary N) is 4. The van der Waals surface area contributed by atoms with Crippen molar-refractivity contribution >= 4 is 34.5 Å². The summed E-state index contributed by atoms with van der Waals surface area (Å²) < 4.78 is 0. The van der Waals surface area contributed by atoms with E-state index in [0.29, 0.717) is 29.1 Å². The maximum Gasteiger partial charge on any atom is 0.296 e. The van der Waals surface area contributed by atoms with E-state index in [4.69, 9.17) is 0 Å². The molecule has 1 aliphatic rings. The standard InChI is InChI=1S/C29H28N4O3/c1-4-30-25(34)17-11-19-10-16-23-24(18-19)32-28(35)26(23)27(20-8-6-5-7-9-20)31-22-14-12-21(13-15-22)29(2,3)33-36/h5-10,12-16,18,31,33,36H,4H2,1-3H3,(H,30,34)(H,32,35)/b27-26+. The summed E-state index contributed by atoms with van der Waals surface area (Å²) in [6, 6.07) is 22.7. The number of benzene rings is 3. The predicted octanol–water partition coefficient (Wildman–Crippen LogP) is 4.32. The van der Waals surface area contributed by atoms with Crippen LogP contribution in [0.15, 0.2) is 72.8 Å². The molecule has 0 saturated carbocycles. The normalized spacial score (nSPS) is 13.7. The number of rotatable bonds is 6. The Morgan fingerprint density at radius 1 is 1.03 bits per heavy atom. The van der Waals surface area contributed by atoms with Gasteiger partial charge in [-0.1, -0.05) is 54.5 Å². The van der Waals surface area contributed by atoms with E-state index in [1.165, 1.54) is 0 Å². The minimum Gasteiger partial charge on any atom is -0.354 e. The molecule has 5 N–H and O–H groups in total. The fraction of sp³-hybridized carbons (Fsp3) is 0.172. The summed E-state index contributed by atoms with van der Waals surface area (Å²) in [4.78, 5) is 24.9. The van der Waals surface area contributed by atoms with Crippen molar-refractivity contribution in [2.75, 3.05) is 17.2 Å². The minimum atomic E-state index is -0.596. The Kier molecular flexibility index (Phi) is 7.20. The van der Waals surface area contributed by atoms with E-state index < -0.39 is 5.54 Å². The summed E-state index contributed by atoms with van der Waals surface area (Å²) in [5.41, 5.74) is 7.48. The molecule has 0 aliphatic carbocycles. The minimum absolute atomic E-state index is 0.229. The average molecular weight is 481 g/mol. The van der Waals surface area contributed by atoms with Crippen molar-refractivity contribution in [1.82, 2.24) is 10.8 Å². The summed E-state index contributed by atoms with van der Waals surface area (Å²) in [5, 5.41) is 18.4. The van der Waals surface area contributed by atoms with Crippen molar-refractivity contribution in [3.05, 3.63) is 95.1 Å². The van der Waals surface area contributed by atoms with E-state index in [1.807, 2.05) is 81.4 Å². The molecule has 0 atom stereocenters. The van der Waals surface area contributed by atoms with Crippen LogP contribution < -0.4 is 21.4 Å². The van der Waals surface area contributed by atoms with E-state index in [-0.39, 0.29) is 11.8 Å². The van der Waals surface area contributed by atoms with E-state index in [9.17, 15) is 14.8 Å². The van der Waals surface area contributed by atoms with Gasteiger partial charge in [0, 0.05) is 29.3 Å². The van der Waals surface area contributed by atoms with Crippen LogP contribution >= 0.6 is 0 Å².